The highest BCUT2D eigenvalue weighted by Gasteiger charge is 2.39. The average molecular weight is 410 g/mol. The molecule has 0 saturated heterocycles. The summed E-state index contributed by atoms with van der Waals surface area (Å²) < 4.78 is 20.9. The Bertz CT molecular complexity index is 947. The quantitative estimate of drug-likeness (QED) is 0.619. The van der Waals surface area contributed by atoms with Crippen LogP contribution in [0.3, 0.4) is 0 Å². The van der Waals surface area contributed by atoms with Crippen molar-refractivity contribution in [2.75, 3.05) is 0 Å². The van der Waals surface area contributed by atoms with Gasteiger partial charge in [0, 0.05) is 12.7 Å². The minimum atomic E-state index is -2.45. The van der Waals surface area contributed by atoms with Gasteiger partial charge in [0.25, 0.3) is 11.8 Å². The van der Waals surface area contributed by atoms with Crippen molar-refractivity contribution in [3.05, 3.63) is 83.6 Å². The summed E-state index contributed by atoms with van der Waals surface area (Å²) in [4.78, 5) is 12.7. The lowest BCUT2D eigenvalue weighted by Crippen LogP contribution is -2.54. The van der Waals surface area contributed by atoms with Crippen LogP contribution in [0.2, 0.25) is 0 Å². The van der Waals surface area contributed by atoms with Gasteiger partial charge in [-0.05, 0) is 66.3 Å². The molecule has 1 amide bonds. The molecule has 0 aromatic heterocycles. The third kappa shape index (κ3) is 4.71. The zero-order valence-corrected chi connectivity index (χ0v) is 17.3. The number of hydrogen-bond donors (Lipinski definition) is 2. The zero-order chi connectivity index (χ0) is 21.7. The molecule has 158 valence electrons. The van der Waals surface area contributed by atoms with Crippen LogP contribution in [-0.2, 0) is 11.3 Å². The number of carbonyl (C=O) groups excluding carboxylic acids is 1. The number of alkyl halides is 1. The molecule has 2 aromatic rings. The third-order valence-electron chi connectivity index (χ3n) is 5.42. The van der Waals surface area contributed by atoms with E-state index in [9.17, 15) is 9.18 Å². The number of primary amides is 1. The number of carbonyl (C=O) groups is 1. The van der Waals surface area contributed by atoms with Crippen LogP contribution in [0, 0.1) is 0 Å². The summed E-state index contributed by atoms with van der Waals surface area (Å²) >= 11 is 0. The van der Waals surface area contributed by atoms with Crippen LogP contribution >= 0.6 is 0 Å². The maximum atomic E-state index is 14.9. The van der Waals surface area contributed by atoms with E-state index in [1.54, 1.807) is 6.08 Å². The Kier molecular flexibility index (Phi) is 6.57. The molecule has 0 spiro atoms. The molecular weight excluding hydrogens is 381 g/mol. The number of amides is 1. The highest BCUT2D eigenvalue weighted by molar-refractivity contribution is 5.94. The van der Waals surface area contributed by atoms with Gasteiger partial charge in [0.2, 0.25) is 0 Å². The van der Waals surface area contributed by atoms with Gasteiger partial charge in [0.1, 0.15) is 11.5 Å². The Labute approximate surface area is 176 Å². The second-order valence-corrected chi connectivity index (χ2v) is 7.42. The lowest BCUT2D eigenvalue weighted by molar-refractivity contribution is -0.117. The molecule has 0 bridgehead atoms. The molecule has 30 heavy (non-hydrogen) atoms. The minimum Gasteiger partial charge on any atom is -0.457 e. The van der Waals surface area contributed by atoms with Crippen molar-refractivity contribution in [1.82, 2.24) is 4.90 Å². The Morgan fingerprint density at radius 2 is 1.83 bits per heavy atom. The summed E-state index contributed by atoms with van der Waals surface area (Å²) in [6, 6.07) is 15.5. The first-order chi connectivity index (χ1) is 14.3. The highest BCUT2D eigenvalue weighted by Crippen LogP contribution is 2.30. The standard InChI is InChI=1S/C24H28FN3O2/c1-3-18(4-2)19-7-5-8-21(15-19)30-20-12-10-17(11-13-20)16-28-14-6-9-22(23(26)29)24(28,25)27/h5-15,18H,3-4,16,27H2,1-2H3,(H2,26,29). The number of ether oxygens (including phenoxy) is 1. The van der Waals surface area contributed by atoms with E-state index in [1.165, 1.54) is 22.7 Å². The van der Waals surface area contributed by atoms with E-state index in [1.807, 2.05) is 36.4 Å². The molecule has 0 fully saturated rings. The molecule has 6 heteroatoms. The van der Waals surface area contributed by atoms with E-state index in [4.69, 9.17) is 16.2 Å². The number of hydrogen-bond acceptors (Lipinski definition) is 4. The fourth-order valence-corrected chi connectivity index (χ4v) is 3.63. The van der Waals surface area contributed by atoms with Crippen LogP contribution in [0.4, 0.5) is 4.39 Å². The SMILES string of the molecule is CCC(CC)c1cccc(Oc2ccc(CN3C=CC=C(C(N)=O)C3(N)F)cc2)c1. The zero-order valence-electron chi connectivity index (χ0n) is 17.3. The fraction of sp³-hybridized carbons (Fsp3) is 0.292. The van der Waals surface area contributed by atoms with E-state index in [0.717, 1.165) is 24.2 Å². The van der Waals surface area contributed by atoms with Crippen LogP contribution in [0.5, 0.6) is 11.5 Å². The molecule has 0 aliphatic carbocycles. The topological polar surface area (TPSA) is 81.6 Å². The largest absolute Gasteiger partial charge is 0.457 e. The molecular formula is C24H28FN3O2. The fourth-order valence-electron chi connectivity index (χ4n) is 3.63. The smallest absolute Gasteiger partial charge is 0.267 e. The van der Waals surface area contributed by atoms with Crippen LogP contribution < -0.4 is 16.2 Å². The first-order valence-corrected chi connectivity index (χ1v) is 10.1. The van der Waals surface area contributed by atoms with Gasteiger partial charge in [-0.1, -0.05) is 38.1 Å². The Morgan fingerprint density at radius 3 is 2.47 bits per heavy atom. The highest BCUT2D eigenvalue weighted by atomic mass is 19.1. The van der Waals surface area contributed by atoms with Gasteiger partial charge in [0.15, 0.2) is 0 Å². The van der Waals surface area contributed by atoms with E-state index in [2.05, 4.69) is 26.0 Å². The van der Waals surface area contributed by atoms with Crippen LogP contribution in [0.15, 0.2) is 72.5 Å². The van der Waals surface area contributed by atoms with Gasteiger partial charge in [-0.2, -0.15) is 4.39 Å². The van der Waals surface area contributed by atoms with Gasteiger partial charge in [-0.25, -0.2) is 0 Å². The number of nitrogens with two attached hydrogens (primary N) is 2. The van der Waals surface area contributed by atoms with Gasteiger partial charge in [-0.3, -0.25) is 10.5 Å². The van der Waals surface area contributed by atoms with Gasteiger partial charge in [0.05, 0.1) is 5.57 Å². The average Bonchev–Trinajstić information content (AvgIpc) is 2.72. The molecule has 1 atom stereocenters. The molecule has 1 heterocycles. The summed E-state index contributed by atoms with van der Waals surface area (Å²) in [5.74, 6) is -1.34. The van der Waals surface area contributed by atoms with Gasteiger partial charge < -0.3 is 15.4 Å². The Morgan fingerprint density at radius 1 is 1.13 bits per heavy atom. The normalized spacial score (nSPS) is 18.4. The van der Waals surface area contributed by atoms with Crippen molar-refractivity contribution < 1.29 is 13.9 Å². The molecule has 0 radical (unpaired) electrons. The summed E-state index contributed by atoms with van der Waals surface area (Å²) in [7, 11) is 0. The molecule has 2 aromatic carbocycles. The van der Waals surface area contributed by atoms with Crippen LogP contribution in [-0.4, -0.2) is 16.7 Å². The van der Waals surface area contributed by atoms with Crippen LogP contribution in [0.25, 0.3) is 0 Å². The maximum Gasteiger partial charge on any atom is 0.267 e. The summed E-state index contributed by atoms with van der Waals surface area (Å²) in [6.45, 7) is 4.56. The van der Waals surface area contributed by atoms with Crippen molar-refractivity contribution in [3.8, 4) is 11.5 Å². The summed E-state index contributed by atoms with van der Waals surface area (Å²) in [5, 5.41) is 0. The van der Waals surface area contributed by atoms with E-state index in [-0.39, 0.29) is 12.1 Å². The molecule has 0 saturated carbocycles. The summed E-state index contributed by atoms with van der Waals surface area (Å²) in [6.07, 6.45) is 6.52. The third-order valence-corrected chi connectivity index (χ3v) is 5.42. The van der Waals surface area contributed by atoms with Crippen molar-refractivity contribution >= 4 is 5.91 Å². The molecule has 4 N–H and O–H groups in total. The molecule has 3 rings (SSSR count). The molecule has 1 aliphatic heterocycles. The first-order valence-electron chi connectivity index (χ1n) is 10.1. The molecule has 5 nitrogen and oxygen atoms in total. The van der Waals surface area contributed by atoms with Gasteiger partial charge in [-0.15, -0.1) is 0 Å². The Balaban J connectivity index is 1.69. The number of nitrogens with zero attached hydrogens (tertiary/aromatic N) is 1. The maximum absolute atomic E-state index is 14.9. The minimum absolute atomic E-state index is 0.179. The van der Waals surface area contributed by atoms with Crippen molar-refractivity contribution in [2.45, 2.75) is 45.1 Å². The van der Waals surface area contributed by atoms with Gasteiger partial charge >= 0.3 is 0 Å². The molecule has 1 aliphatic rings. The van der Waals surface area contributed by atoms with E-state index >= 15 is 0 Å². The van der Waals surface area contributed by atoms with E-state index in [0.29, 0.717) is 11.7 Å². The van der Waals surface area contributed by atoms with Crippen LogP contribution in [0.1, 0.15) is 43.7 Å². The van der Waals surface area contributed by atoms with Crippen molar-refractivity contribution in [1.29, 1.82) is 0 Å². The Hall–Kier alpha value is -3.12. The number of benzene rings is 2. The second kappa shape index (κ2) is 9.13. The predicted octanol–water partition coefficient (Wildman–Crippen LogP) is 4.71. The van der Waals surface area contributed by atoms with Crippen molar-refractivity contribution in [3.63, 3.8) is 0 Å². The van der Waals surface area contributed by atoms with E-state index < -0.39 is 11.8 Å². The number of allylic oxidation sites excluding steroid dienone is 2. The van der Waals surface area contributed by atoms with Crippen molar-refractivity contribution in [2.24, 2.45) is 11.5 Å². The number of rotatable bonds is 8. The first kappa shape index (κ1) is 21.6. The number of halogens is 1. The molecule has 1 unspecified atom stereocenters. The summed E-state index contributed by atoms with van der Waals surface area (Å²) in [5.41, 5.74) is 12.8. The second-order valence-electron chi connectivity index (χ2n) is 7.42. The predicted molar refractivity (Wildman–Crippen MR) is 116 cm³/mol. The lowest BCUT2D eigenvalue weighted by Gasteiger charge is -2.36. The monoisotopic (exact) mass is 409 g/mol. The lowest BCUT2D eigenvalue weighted by atomic mass is 9.94.